The molecule has 2 aliphatic rings. The van der Waals surface area contributed by atoms with Crippen LogP contribution < -0.4 is 10.2 Å². The third kappa shape index (κ3) is 18.4. The lowest BCUT2D eigenvalue weighted by Gasteiger charge is -2.25. The summed E-state index contributed by atoms with van der Waals surface area (Å²) >= 11 is 9.69. The van der Waals surface area contributed by atoms with Crippen LogP contribution >= 0.6 is 47.8 Å². The molecular weight excluding hydrogens is 766 g/mol. The molecule has 2 saturated heterocycles. The molecular formula is C31H52Br3N3O7. The number of anilines is 1. The largest absolute Gasteiger partial charge is 0.478 e. The zero-order valence-electron chi connectivity index (χ0n) is 23.3. The second kappa shape index (κ2) is 25.6. The highest BCUT2D eigenvalue weighted by molar-refractivity contribution is 9.11. The minimum absolute atomic E-state index is 0. The number of nitrogens with one attached hydrogen (secondary N) is 1. The quantitative estimate of drug-likeness (QED) is 0.191. The molecule has 2 heterocycles. The number of hydrogen-bond acceptors (Lipinski definition) is 8. The van der Waals surface area contributed by atoms with Gasteiger partial charge in [-0.05, 0) is 82.7 Å². The number of carbonyl (C=O) groups is 2. The highest BCUT2D eigenvalue weighted by Crippen LogP contribution is 2.29. The van der Waals surface area contributed by atoms with E-state index in [1.54, 1.807) is 30.3 Å². The van der Waals surface area contributed by atoms with Crippen molar-refractivity contribution in [1.82, 2.24) is 10.2 Å². The summed E-state index contributed by atoms with van der Waals surface area (Å²) in [5.74, 6) is -1.86. The number of carboxylic acid groups (broad SMARTS) is 2. The van der Waals surface area contributed by atoms with Crippen LogP contribution in [0, 0.1) is 0 Å². The molecule has 2 fully saturated rings. The van der Waals surface area contributed by atoms with Crippen molar-refractivity contribution < 1.29 is 35.1 Å². The van der Waals surface area contributed by atoms with Crippen molar-refractivity contribution in [1.29, 1.82) is 0 Å². The van der Waals surface area contributed by atoms with Crippen LogP contribution in [0.2, 0.25) is 0 Å². The lowest BCUT2D eigenvalue weighted by atomic mass is 10.1. The Morgan fingerprint density at radius 1 is 0.818 bits per heavy atom. The van der Waals surface area contributed by atoms with E-state index < -0.39 is 11.9 Å². The lowest BCUT2D eigenvalue weighted by molar-refractivity contribution is 0.0686. The zero-order valence-corrected chi connectivity index (χ0v) is 28.0. The van der Waals surface area contributed by atoms with E-state index in [0.717, 1.165) is 58.0 Å². The van der Waals surface area contributed by atoms with Crippen molar-refractivity contribution in [3.05, 3.63) is 60.9 Å². The SMILES string of the molecule is C.C.C.CN(C)CCO.O=C(O)c1cc(Br)cc(Br)c1.O=C(O)c1cc(Br)cc(N2CCC[C@@H]2CO)c1.OC[C@H]1CCCN1. The average molecular weight is 818 g/mol. The Labute approximate surface area is 288 Å². The first kappa shape index (κ1) is 46.8. The molecule has 0 aromatic heterocycles. The predicted octanol–water partition coefficient (Wildman–Crippen LogP) is 6.20. The fourth-order valence-corrected chi connectivity index (χ4v) is 5.79. The highest BCUT2D eigenvalue weighted by Gasteiger charge is 2.24. The third-order valence-corrected chi connectivity index (χ3v) is 7.46. The molecule has 10 nitrogen and oxygen atoms in total. The smallest absolute Gasteiger partial charge is 0.335 e. The van der Waals surface area contributed by atoms with Crippen LogP contribution in [0.4, 0.5) is 5.69 Å². The molecule has 2 aromatic carbocycles. The third-order valence-electron chi connectivity index (χ3n) is 6.09. The number of carboxylic acids is 2. The van der Waals surface area contributed by atoms with E-state index in [0.29, 0.717) is 12.6 Å². The van der Waals surface area contributed by atoms with Gasteiger partial charge in [-0.2, -0.15) is 0 Å². The first-order valence-electron chi connectivity index (χ1n) is 13.1. The molecule has 2 atom stereocenters. The van der Waals surface area contributed by atoms with Crippen LogP contribution in [0.25, 0.3) is 0 Å². The van der Waals surface area contributed by atoms with E-state index in [-0.39, 0.29) is 52.7 Å². The number of halogens is 3. The van der Waals surface area contributed by atoms with Gasteiger partial charge in [-0.25, -0.2) is 9.59 Å². The van der Waals surface area contributed by atoms with Crippen molar-refractivity contribution in [3.8, 4) is 0 Å². The van der Waals surface area contributed by atoms with Gasteiger partial charge < -0.3 is 40.6 Å². The molecule has 0 amide bonds. The van der Waals surface area contributed by atoms with Gasteiger partial charge in [0, 0.05) is 38.2 Å². The fourth-order valence-electron chi connectivity index (χ4n) is 4.02. The molecule has 0 radical (unpaired) electrons. The molecule has 0 aliphatic carbocycles. The van der Waals surface area contributed by atoms with E-state index in [9.17, 15) is 14.7 Å². The number of likely N-dealkylation sites (N-methyl/N-ethyl adjacent to an activating group) is 1. The van der Waals surface area contributed by atoms with Crippen molar-refractivity contribution in [3.63, 3.8) is 0 Å². The Hall–Kier alpha value is -1.58. The molecule has 0 bridgehead atoms. The lowest BCUT2D eigenvalue weighted by Crippen LogP contribution is -2.32. The summed E-state index contributed by atoms with van der Waals surface area (Å²) in [7, 11) is 3.85. The molecule has 4 rings (SSSR count). The minimum atomic E-state index is -0.938. The van der Waals surface area contributed by atoms with E-state index in [2.05, 4.69) is 58.0 Å². The molecule has 2 aromatic rings. The monoisotopic (exact) mass is 815 g/mol. The second-order valence-electron chi connectivity index (χ2n) is 9.64. The standard InChI is InChI=1S/C12H14BrNO3.C7H4Br2O2.C5H11NO.C4H11NO.3CH4/c13-9-4-8(12(16)17)5-11(6-9)14-3-1-2-10(14)7-15;8-5-1-4(7(10)11)2-6(9)3-5;7-4-5-2-1-3-6-5;1-5(2)3-4-6;;;/h4-6,10,15H,1-3,7H2,(H,16,17);1-3H,(H,10,11);5-7H,1-4H2;6H,3-4H2,1-2H3;3*1H4/t10-;;5-;;;;/m1.1..../s1. The number of hydrogen-bond donors (Lipinski definition) is 6. The Morgan fingerprint density at radius 3 is 1.70 bits per heavy atom. The predicted molar refractivity (Wildman–Crippen MR) is 191 cm³/mol. The molecule has 6 N–H and O–H groups in total. The Balaban J connectivity index is -0.000000542. The summed E-state index contributed by atoms with van der Waals surface area (Å²) < 4.78 is 2.25. The van der Waals surface area contributed by atoms with Crippen molar-refractivity contribution in [2.45, 2.75) is 60.0 Å². The van der Waals surface area contributed by atoms with Gasteiger partial charge in [-0.1, -0.05) is 70.1 Å². The van der Waals surface area contributed by atoms with Gasteiger partial charge in [0.25, 0.3) is 0 Å². The zero-order chi connectivity index (χ0) is 30.9. The van der Waals surface area contributed by atoms with Gasteiger partial charge >= 0.3 is 11.9 Å². The summed E-state index contributed by atoms with van der Waals surface area (Å²) in [5.41, 5.74) is 1.39. The molecule has 254 valence electrons. The van der Waals surface area contributed by atoms with Crippen molar-refractivity contribution in [2.75, 3.05) is 58.5 Å². The maximum atomic E-state index is 11.0. The number of rotatable bonds is 7. The van der Waals surface area contributed by atoms with Gasteiger partial charge in [0.1, 0.15) is 0 Å². The molecule has 0 saturated carbocycles. The van der Waals surface area contributed by atoms with Gasteiger partial charge in [-0.15, -0.1) is 0 Å². The molecule has 13 heteroatoms. The summed E-state index contributed by atoms with van der Waals surface area (Å²) in [6.45, 7) is 3.38. The van der Waals surface area contributed by atoms with E-state index >= 15 is 0 Å². The number of aliphatic hydroxyl groups excluding tert-OH is 3. The second-order valence-corrected chi connectivity index (χ2v) is 12.4. The maximum Gasteiger partial charge on any atom is 0.335 e. The Kier molecular flexibility index (Phi) is 27.2. The van der Waals surface area contributed by atoms with Crippen LogP contribution in [0.1, 0.15) is 68.7 Å². The number of aliphatic hydroxyl groups is 3. The topological polar surface area (TPSA) is 154 Å². The summed E-state index contributed by atoms with van der Waals surface area (Å²) in [6, 6.07) is 10.5. The van der Waals surface area contributed by atoms with Crippen LogP contribution in [0.15, 0.2) is 49.8 Å². The highest BCUT2D eigenvalue weighted by atomic mass is 79.9. The molecule has 44 heavy (non-hydrogen) atoms. The van der Waals surface area contributed by atoms with Crippen LogP contribution in [0.5, 0.6) is 0 Å². The van der Waals surface area contributed by atoms with E-state index in [1.165, 1.54) is 6.42 Å². The van der Waals surface area contributed by atoms with Gasteiger partial charge in [0.05, 0.1) is 37.0 Å². The summed E-state index contributed by atoms with van der Waals surface area (Å²) in [4.78, 5) is 25.4. The number of benzene rings is 2. The number of nitrogens with zero attached hydrogens (tertiary/aromatic N) is 2. The normalized spacial score (nSPS) is 16.3. The fraction of sp³-hybridized carbons (Fsp3) is 0.548. The molecule has 0 spiro atoms. The molecule has 0 unspecified atom stereocenters. The van der Waals surface area contributed by atoms with Crippen molar-refractivity contribution in [2.24, 2.45) is 0 Å². The van der Waals surface area contributed by atoms with Crippen LogP contribution in [-0.4, -0.2) is 108 Å². The van der Waals surface area contributed by atoms with Crippen molar-refractivity contribution >= 4 is 65.4 Å². The van der Waals surface area contributed by atoms with Gasteiger partial charge in [-0.3, -0.25) is 0 Å². The minimum Gasteiger partial charge on any atom is -0.478 e. The van der Waals surface area contributed by atoms with Gasteiger partial charge in [0.2, 0.25) is 0 Å². The Morgan fingerprint density at radius 2 is 1.34 bits per heavy atom. The first-order valence-corrected chi connectivity index (χ1v) is 15.5. The Bertz CT molecular complexity index is 1070. The van der Waals surface area contributed by atoms with Crippen LogP contribution in [0.3, 0.4) is 0 Å². The van der Waals surface area contributed by atoms with Crippen LogP contribution in [-0.2, 0) is 0 Å². The van der Waals surface area contributed by atoms with E-state index in [4.69, 9.17) is 20.4 Å². The maximum absolute atomic E-state index is 11.0. The first-order chi connectivity index (χ1) is 19.4. The number of aromatic carboxylic acids is 2. The molecule has 2 aliphatic heterocycles. The van der Waals surface area contributed by atoms with Gasteiger partial charge in [0.15, 0.2) is 0 Å². The summed E-state index contributed by atoms with van der Waals surface area (Å²) in [6.07, 6.45) is 4.35. The van der Waals surface area contributed by atoms with E-state index in [1.807, 2.05) is 25.1 Å². The average Bonchev–Trinajstić information content (AvgIpc) is 3.61. The summed E-state index contributed by atoms with van der Waals surface area (Å²) in [5, 5.41) is 46.7.